The molecule has 0 aliphatic carbocycles. The lowest BCUT2D eigenvalue weighted by atomic mass is 9.96. The third-order valence-corrected chi connectivity index (χ3v) is 5.00. The summed E-state index contributed by atoms with van der Waals surface area (Å²) in [6, 6.07) is 22.3. The minimum atomic E-state index is 0. The van der Waals surface area contributed by atoms with Gasteiger partial charge in [0.25, 0.3) is 0 Å². The van der Waals surface area contributed by atoms with Gasteiger partial charge in [0.15, 0.2) is 0 Å². The Bertz CT molecular complexity index is 910. The molecule has 0 spiro atoms. The molecule has 1 N–H and O–H groups in total. The molecule has 0 radical (unpaired) electrons. The summed E-state index contributed by atoms with van der Waals surface area (Å²) in [5.74, 6) is 0. The number of hydrogen-bond donors (Lipinski definition) is 1. The van der Waals surface area contributed by atoms with Gasteiger partial charge in [-0.25, -0.2) is 0 Å². The van der Waals surface area contributed by atoms with Crippen molar-refractivity contribution in [1.29, 1.82) is 0 Å². The summed E-state index contributed by atoms with van der Waals surface area (Å²) < 4.78 is 0. The second kappa shape index (κ2) is 11.3. The van der Waals surface area contributed by atoms with Crippen LogP contribution < -0.4 is 0 Å². The first-order chi connectivity index (χ1) is 13.8. The van der Waals surface area contributed by atoms with Gasteiger partial charge in [0.1, 0.15) is 12.3 Å². The lowest BCUT2D eigenvalue weighted by molar-refractivity contribution is 0.114. The maximum atomic E-state index is 9.34. The molecule has 0 aliphatic rings. The Morgan fingerprint density at radius 3 is 2.31 bits per heavy atom. The van der Waals surface area contributed by atoms with Crippen LogP contribution in [-0.2, 0) is 11.4 Å². The Balaban J connectivity index is 0.00000300. The van der Waals surface area contributed by atoms with E-state index in [4.69, 9.17) is 4.84 Å². The summed E-state index contributed by atoms with van der Waals surface area (Å²) >= 11 is 0. The zero-order chi connectivity index (χ0) is 19.8. The predicted octanol–water partition coefficient (Wildman–Crippen LogP) is 5.08. The van der Waals surface area contributed by atoms with E-state index in [0.29, 0.717) is 6.61 Å². The average molecular weight is 393 g/mol. The van der Waals surface area contributed by atoms with Gasteiger partial charge < -0.3 is 14.8 Å². The van der Waals surface area contributed by atoms with Crippen LogP contribution >= 0.6 is 0 Å². The fourth-order valence-corrected chi connectivity index (χ4v) is 3.28. The Labute approximate surface area is 174 Å². The molecule has 0 bridgehead atoms. The lowest BCUT2D eigenvalue weighted by Gasteiger charge is -2.17. The molecular formula is C25H32N2O2. The van der Waals surface area contributed by atoms with Crippen molar-refractivity contribution < 1.29 is 9.94 Å². The number of aliphatic hydroxyl groups is 1. The third kappa shape index (κ3) is 5.66. The zero-order valence-corrected chi connectivity index (χ0v) is 16.6. The molecule has 154 valence electrons. The average Bonchev–Trinajstić information content (AvgIpc) is 2.76. The Kier molecular flexibility index (Phi) is 8.84. The van der Waals surface area contributed by atoms with Crippen molar-refractivity contribution in [1.82, 2.24) is 4.90 Å². The zero-order valence-electron chi connectivity index (χ0n) is 16.6. The SMILES string of the molecule is C.CCN(CC)CCO/N=C(/c1ccc(CO)cc1)c1cccc2ccccc12. The van der Waals surface area contributed by atoms with Gasteiger partial charge in [-0.15, -0.1) is 0 Å². The first-order valence-corrected chi connectivity index (χ1v) is 9.87. The van der Waals surface area contributed by atoms with Crippen molar-refractivity contribution in [3.05, 3.63) is 83.4 Å². The number of nitrogens with zero attached hydrogens (tertiary/aromatic N) is 2. The Hall–Kier alpha value is -2.69. The van der Waals surface area contributed by atoms with Gasteiger partial charge in [0, 0.05) is 17.7 Å². The van der Waals surface area contributed by atoms with Crippen molar-refractivity contribution in [2.75, 3.05) is 26.2 Å². The number of likely N-dealkylation sites (N-methyl/N-ethyl adjacent to an activating group) is 1. The first kappa shape index (κ1) is 22.6. The molecule has 0 saturated carbocycles. The standard InChI is InChI=1S/C24H28N2O2.CH4/c1-3-26(4-2)16-17-28-25-24(21-14-12-19(18-27)13-15-21)23-11-7-9-20-8-5-6-10-22(20)23;/h5-15,27H,3-4,16-18H2,1-2H3;1H4/b25-24-;. The largest absolute Gasteiger partial charge is 0.394 e. The van der Waals surface area contributed by atoms with E-state index in [2.05, 4.69) is 48.2 Å². The molecule has 3 aromatic rings. The molecule has 4 heteroatoms. The molecule has 0 heterocycles. The van der Waals surface area contributed by atoms with Gasteiger partial charge in [-0.2, -0.15) is 0 Å². The molecular weight excluding hydrogens is 360 g/mol. The fourth-order valence-electron chi connectivity index (χ4n) is 3.28. The van der Waals surface area contributed by atoms with Crippen LogP contribution in [0, 0.1) is 0 Å². The normalized spacial score (nSPS) is 11.5. The number of aliphatic hydroxyl groups excluding tert-OH is 1. The number of oxime groups is 1. The highest BCUT2D eigenvalue weighted by Crippen LogP contribution is 2.22. The van der Waals surface area contributed by atoms with Crippen LogP contribution in [-0.4, -0.2) is 42.0 Å². The molecule has 0 aliphatic heterocycles. The van der Waals surface area contributed by atoms with E-state index in [9.17, 15) is 5.11 Å². The minimum Gasteiger partial charge on any atom is -0.394 e. The van der Waals surface area contributed by atoms with E-state index < -0.39 is 0 Å². The molecule has 29 heavy (non-hydrogen) atoms. The molecule has 0 saturated heterocycles. The predicted molar refractivity (Wildman–Crippen MR) is 122 cm³/mol. The van der Waals surface area contributed by atoms with Crippen LogP contribution in [0.15, 0.2) is 71.9 Å². The number of fused-ring (bicyclic) bond motifs is 1. The first-order valence-electron chi connectivity index (χ1n) is 9.87. The summed E-state index contributed by atoms with van der Waals surface area (Å²) in [6.07, 6.45) is 0. The van der Waals surface area contributed by atoms with E-state index in [1.165, 1.54) is 5.39 Å². The highest BCUT2D eigenvalue weighted by molar-refractivity contribution is 6.19. The quantitative estimate of drug-likeness (QED) is 0.314. The van der Waals surface area contributed by atoms with Crippen LogP contribution in [0.5, 0.6) is 0 Å². The molecule has 0 fully saturated rings. The smallest absolute Gasteiger partial charge is 0.129 e. The van der Waals surface area contributed by atoms with Crippen molar-refractivity contribution in [2.45, 2.75) is 27.9 Å². The molecule has 0 unspecified atom stereocenters. The van der Waals surface area contributed by atoms with Crippen LogP contribution in [0.1, 0.15) is 38.0 Å². The summed E-state index contributed by atoms with van der Waals surface area (Å²) in [4.78, 5) is 8.05. The number of rotatable bonds is 9. The van der Waals surface area contributed by atoms with Crippen LogP contribution in [0.4, 0.5) is 0 Å². The van der Waals surface area contributed by atoms with E-state index >= 15 is 0 Å². The van der Waals surface area contributed by atoms with E-state index in [-0.39, 0.29) is 14.0 Å². The highest BCUT2D eigenvalue weighted by atomic mass is 16.6. The summed E-state index contributed by atoms with van der Waals surface area (Å²) in [5.41, 5.74) is 3.69. The second-order valence-corrected chi connectivity index (χ2v) is 6.68. The highest BCUT2D eigenvalue weighted by Gasteiger charge is 2.12. The van der Waals surface area contributed by atoms with Gasteiger partial charge in [0.2, 0.25) is 0 Å². The molecule has 3 rings (SSSR count). The molecule has 0 aromatic heterocycles. The second-order valence-electron chi connectivity index (χ2n) is 6.68. The summed E-state index contributed by atoms with van der Waals surface area (Å²) in [5, 5.41) is 16.2. The molecule has 0 amide bonds. The number of benzene rings is 3. The van der Waals surface area contributed by atoms with Crippen LogP contribution in [0.25, 0.3) is 10.8 Å². The van der Waals surface area contributed by atoms with Gasteiger partial charge in [-0.1, -0.05) is 93.2 Å². The summed E-state index contributed by atoms with van der Waals surface area (Å²) in [7, 11) is 0. The minimum absolute atomic E-state index is 0. The van der Waals surface area contributed by atoms with Crippen molar-refractivity contribution >= 4 is 16.5 Å². The van der Waals surface area contributed by atoms with Gasteiger partial charge >= 0.3 is 0 Å². The molecule has 3 aromatic carbocycles. The van der Waals surface area contributed by atoms with Crippen LogP contribution in [0.3, 0.4) is 0 Å². The topological polar surface area (TPSA) is 45.1 Å². The van der Waals surface area contributed by atoms with E-state index in [1.807, 2.05) is 42.5 Å². The molecule has 4 nitrogen and oxygen atoms in total. The Morgan fingerprint density at radius 1 is 0.931 bits per heavy atom. The van der Waals surface area contributed by atoms with Gasteiger partial charge in [-0.05, 0) is 29.4 Å². The van der Waals surface area contributed by atoms with E-state index in [1.54, 1.807) is 0 Å². The Morgan fingerprint density at radius 2 is 1.62 bits per heavy atom. The lowest BCUT2D eigenvalue weighted by Crippen LogP contribution is -2.26. The van der Waals surface area contributed by atoms with Gasteiger partial charge in [-0.3, -0.25) is 0 Å². The van der Waals surface area contributed by atoms with E-state index in [0.717, 1.165) is 47.4 Å². The maximum absolute atomic E-state index is 9.34. The third-order valence-electron chi connectivity index (χ3n) is 5.00. The maximum Gasteiger partial charge on any atom is 0.129 e. The van der Waals surface area contributed by atoms with Gasteiger partial charge in [0.05, 0.1) is 6.61 Å². The molecule has 0 atom stereocenters. The summed E-state index contributed by atoms with van der Waals surface area (Å²) in [6.45, 7) is 7.73. The van der Waals surface area contributed by atoms with Crippen LogP contribution in [0.2, 0.25) is 0 Å². The number of hydrogen-bond acceptors (Lipinski definition) is 4. The monoisotopic (exact) mass is 392 g/mol. The van der Waals surface area contributed by atoms with Crippen molar-refractivity contribution in [3.8, 4) is 0 Å². The van der Waals surface area contributed by atoms with Crippen molar-refractivity contribution in [3.63, 3.8) is 0 Å². The van der Waals surface area contributed by atoms with Crippen molar-refractivity contribution in [2.24, 2.45) is 5.16 Å². The fraction of sp³-hybridized carbons (Fsp3) is 0.320.